The Bertz CT molecular complexity index is 1410. The molecule has 0 radical (unpaired) electrons. The second kappa shape index (κ2) is 10.7. The van der Waals surface area contributed by atoms with Gasteiger partial charge in [0.05, 0.1) is 16.8 Å². The van der Waals surface area contributed by atoms with Crippen molar-refractivity contribution in [1.82, 2.24) is 29.8 Å². The predicted octanol–water partition coefficient (Wildman–Crippen LogP) is 3.22. The molecule has 1 amide bonds. The van der Waals surface area contributed by atoms with Crippen LogP contribution < -0.4 is 10.8 Å². The number of hydrogen-bond acceptors (Lipinski definition) is 8. The summed E-state index contributed by atoms with van der Waals surface area (Å²) in [7, 11) is -3.26. The van der Waals surface area contributed by atoms with Gasteiger partial charge in [0.15, 0.2) is 9.84 Å². The minimum atomic E-state index is -3.26. The van der Waals surface area contributed by atoms with E-state index in [0.29, 0.717) is 18.0 Å². The van der Waals surface area contributed by atoms with Crippen LogP contribution in [-0.4, -0.2) is 50.1 Å². The fraction of sp³-hybridized carbons (Fsp3) is 0.304. The zero-order valence-electron chi connectivity index (χ0n) is 19.3. The Kier molecular flexibility index (Phi) is 7.42. The van der Waals surface area contributed by atoms with Gasteiger partial charge in [0, 0.05) is 48.9 Å². The fourth-order valence-electron chi connectivity index (χ4n) is 3.69. The molecule has 3 aromatic heterocycles. The van der Waals surface area contributed by atoms with Gasteiger partial charge in [-0.05, 0) is 43.2 Å². The van der Waals surface area contributed by atoms with E-state index in [4.69, 9.17) is 5.21 Å². The largest absolute Gasteiger partial charge is 0.321 e. The molecule has 3 heterocycles. The Hall–Kier alpha value is -3.77. The summed E-state index contributed by atoms with van der Waals surface area (Å²) >= 11 is 0. The summed E-state index contributed by atoms with van der Waals surface area (Å²) in [6.45, 7) is 0.750. The van der Waals surface area contributed by atoms with E-state index in [2.05, 4.69) is 20.4 Å². The number of benzene rings is 1. The molecule has 3 N–H and O–H groups in total. The normalized spacial score (nSPS) is 11.6. The molecule has 0 aliphatic carbocycles. The van der Waals surface area contributed by atoms with Crippen LogP contribution in [-0.2, 0) is 21.2 Å². The standard InChI is InChI=1S/C23H27N7O4S/c1-35(33,34)20-9-7-19(8-10-20)30-13-11-17-14-24-23(27-22(17)30)26-18-15-25-29(16-18)12-5-3-2-4-6-21(31)28-32/h7-11,13-16,32H,2-6,12H2,1H3,(H,28,31)(H,24,26,27). The van der Waals surface area contributed by atoms with Crippen molar-refractivity contribution in [3.8, 4) is 5.69 Å². The molecule has 0 saturated heterocycles. The highest BCUT2D eigenvalue weighted by molar-refractivity contribution is 7.90. The van der Waals surface area contributed by atoms with Crippen molar-refractivity contribution in [2.45, 2.75) is 43.5 Å². The summed E-state index contributed by atoms with van der Waals surface area (Å²) in [4.78, 5) is 20.3. The molecule has 0 spiro atoms. The molecule has 4 rings (SSSR count). The number of unbranched alkanes of at least 4 members (excludes halogenated alkanes) is 3. The fourth-order valence-corrected chi connectivity index (χ4v) is 4.32. The van der Waals surface area contributed by atoms with Gasteiger partial charge in [-0.1, -0.05) is 12.8 Å². The van der Waals surface area contributed by atoms with E-state index >= 15 is 0 Å². The molecular weight excluding hydrogens is 470 g/mol. The highest BCUT2D eigenvalue weighted by Gasteiger charge is 2.11. The van der Waals surface area contributed by atoms with E-state index in [9.17, 15) is 13.2 Å². The Morgan fingerprint density at radius 2 is 1.83 bits per heavy atom. The van der Waals surface area contributed by atoms with Crippen LogP contribution in [0.15, 0.2) is 60.0 Å². The van der Waals surface area contributed by atoms with Crippen LogP contribution in [0.3, 0.4) is 0 Å². The van der Waals surface area contributed by atoms with Gasteiger partial charge in [0.1, 0.15) is 5.65 Å². The van der Waals surface area contributed by atoms with Gasteiger partial charge in [0.2, 0.25) is 11.9 Å². The number of carbonyl (C=O) groups is 1. The summed E-state index contributed by atoms with van der Waals surface area (Å²) in [5, 5.41) is 16.9. The van der Waals surface area contributed by atoms with Gasteiger partial charge in [-0.25, -0.2) is 18.9 Å². The van der Waals surface area contributed by atoms with Gasteiger partial charge in [-0.2, -0.15) is 10.1 Å². The highest BCUT2D eigenvalue weighted by Crippen LogP contribution is 2.22. The smallest absolute Gasteiger partial charge is 0.243 e. The van der Waals surface area contributed by atoms with Crippen LogP contribution in [0.1, 0.15) is 32.1 Å². The monoisotopic (exact) mass is 497 g/mol. The number of rotatable bonds is 11. The molecule has 11 nitrogen and oxygen atoms in total. The van der Waals surface area contributed by atoms with Crippen molar-refractivity contribution in [1.29, 1.82) is 0 Å². The second-order valence-electron chi connectivity index (χ2n) is 8.24. The number of fused-ring (bicyclic) bond motifs is 1. The van der Waals surface area contributed by atoms with Gasteiger partial charge < -0.3 is 9.88 Å². The lowest BCUT2D eigenvalue weighted by atomic mass is 10.1. The van der Waals surface area contributed by atoms with Crippen molar-refractivity contribution in [2.75, 3.05) is 11.6 Å². The number of hydrogen-bond donors (Lipinski definition) is 3. The molecule has 0 aliphatic heterocycles. The van der Waals surface area contributed by atoms with Crippen LogP contribution in [0.25, 0.3) is 16.7 Å². The van der Waals surface area contributed by atoms with Gasteiger partial charge in [-0.15, -0.1) is 0 Å². The Labute approximate surface area is 202 Å². The molecule has 0 saturated carbocycles. The van der Waals surface area contributed by atoms with Crippen LogP contribution in [0.5, 0.6) is 0 Å². The van der Waals surface area contributed by atoms with Crippen LogP contribution in [0.2, 0.25) is 0 Å². The SMILES string of the molecule is CS(=O)(=O)c1ccc(-n2ccc3cnc(Nc4cnn(CCCCCCC(=O)NO)c4)nc32)cc1. The molecule has 184 valence electrons. The zero-order valence-corrected chi connectivity index (χ0v) is 20.1. The number of nitrogens with one attached hydrogen (secondary N) is 2. The highest BCUT2D eigenvalue weighted by atomic mass is 32.2. The number of carbonyl (C=O) groups excluding carboxylic acids is 1. The van der Waals surface area contributed by atoms with Crippen LogP contribution in [0.4, 0.5) is 11.6 Å². The van der Waals surface area contributed by atoms with Crippen molar-refractivity contribution in [3.05, 3.63) is 55.1 Å². The maximum atomic E-state index is 11.7. The zero-order chi connectivity index (χ0) is 24.8. The first-order chi connectivity index (χ1) is 16.8. The minimum absolute atomic E-state index is 0.265. The molecule has 4 aromatic rings. The lowest BCUT2D eigenvalue weighted by molar-refractivity contribution is -0.129. The Morgan fingerprint density at radius 1 is 1.06 bits per heavy atom. The van der Waals surface area contributed by atoms with E-state index in [1.165, 1.54) is 6.26 Å². The maximum absolute atomic E-state index is 11.7. The maximum Gasteiger partial charge on any atom is 0.243 e. The average Bonchev–Trinajstić information content (AvgIpc) is 3.47. The van der Waals surface area contributed by atoms with Crippen molar-refractivity contribution >= 4 is 38.4 Å². The quantitative estimate of drug-likeness (QED) is 0.163. The number of aryl methyl sites for hydroxylation is 1. The summed E-state index contributed by atoms with van der Waals surface area (Å²) in [5.74, 6) is 0.0669. The molecule has 0 atom stereocenters. The molecular formula is C23H27N7O4S. The Morgan fingerprint density at radius 3 is 2.57 bits per heavy atom. The third-order valence-electron chi connectivity index (χ3n) is 5.53. The summed E-state index contributed by atoms with van der Waals surface area (Å²) < 4.78 is 27.2. The average molecular weight is 498 g/mol. The van der Waals surface area contributed by atoms with Crippen molar-refractivity contribution in [2.24, 2.45) is 0 Å². The number of hydroxylamine groups is 1. The molecule has 1 aromatic carbocycles. The summed E-state index contributed by atoms with van der Waals surface area (Å²) in [6, 6.07) is 8.55. The number of anilines is 2. The molecule has 0 fully saturated rings. The number of nitrogens with zero attached hydrogens (tertiary/aromatic N) is 5. The second-order valence-corrected chi connectivity index (χ2v) is 10.3. The third-order valence-corrected chi connectivity index (χ3v) is 6.65. The topological polar surface area (TPSA) is 144 Å². The third kappa shape index (κ3) is 6.22. The van der Waals surface area contributed by atoms with E-state index in [1.54, 1.807) is 42.1 Å². The van der Waals surface area contributed by atoms with E-state index in [1.807, 2.05) is 27.7 Å². The first-order valence-corrected chi connectivity index (χ1v) is 13.1. The number of sulfone groups is 1. The van der Waals surface area contributed by atoms with Crippen molar-refractivity contribution in [3.63, 3.8) is 0 Å². The predicted molar refractivity (Wildman–Crippen MR) is 130 cm³/mol. The van der Waals surface area contributed by atoms with Gasteiger partial charge >= 0.3 is 0 Å². The van der Waals surface area contributed by atoms with E-state index < -0.39 is 9.84 Å². The lowest BCUT2D eigenvalue weighted by Gasteiger charge is -2.07. The van der Waals surface area contributed by atoms with Crippen LogP contribution in [0, 0.1) is 0 Å². The first-order valence-electron chi connectivity index (χ1n) is 11.2. The number of aromatic nitrogens is 5. The summed E-state index contributed by atoms with van der Waals surface area (Å²) in [6.07, 6.45) is 12.2. The van der Waals surface area contributed by atoms with Gasteiger partial charge in [-0.3, -0.25) is 14.7 Å². The number of amides is 1. The van der Waals surface area contributed by atoms with Crippen molar-refractivity contribution < 1.29 is 18.4 Å². The summed E-state index contributed by atoms with van der Waals surface area (Å²) in [5.41, 5.74) is 3.89. The molecule has 0 unspecified atom stereocenters. The first kappa shape index (κ1) is 24.4. The molecule has 35 heavy (non-hydrogen) atoms. The Balaban J connectivity index is 1.38. The van der Waals surface area contributed by atoms with E-state index in [0.717, 1.165) is 49.0 Å². The molecule has 0 aliphatic rings. The molecule has 0 bridgehead atoms. The minimum Gasteiger partial charge on any atom is -0.321 e. The molecule has 12 heteroatoms. The van der Waals surface area contributed by atoms with Crippen LogP contribution >= 0.6 is 0 Å². The lowest BCUT2D eigenvalue weighted by Crippen LogP contribution is -2.17. The van der Waals surface area contributed by atoms with Gasteiger partial charge in [0.25, 0.3) is 0 Å². The van der Waals surface area contributed by atoms with E-state index in [-0.39, 0.29) is 10.8 Å².